The van der Waals surface area contributed by atoms with Crippen molar-refractivity contribution in [2.75, 3.05) is 18.6 Å². The molecule has 0 aromatic carbocycles. The molecule has 0 N–H and O–H groups in total. The summed E-state index contributed by atoms with van der Waals surface area (Å²) < 4.78 is 5.00. The van der Waals surface area contributed by atoms with Gasteiger partial charge in [0.1, 0.15) is 11.2 Å². The summed E-state index contributed by atoms with van der Waals surface area (Å²) in [5, 5.41) is 12.2. The number of aromatic nitrogens is 3. The molecule has 2 rings (SSSR count). The molecular weight excluding hydrogens is 358 g/mol. The molecule has 11 heteroatoms. The van der Waals surface area contributed by atoms with E-state index < -0.39 is 10.9 Å². The molecule has 9 nitrogen and oxygen atoms in total. The summed E-state index contributed by atoms with van der Waals surface area (Å²) in [7, 11) is 1.54. The molecule has 0 amide bonds. The number of nitro groups is 1. The van der Waals surface area contributed by atoms with Crippen molar-refractivity contribution in [2.45, 2.75) is 20.3 Å². The van der Waals surface area contributed by atoms with Gasteiger partial charge in [0, 0.05) is 7.05 Å². The highest BCUT2D eigenvalue weighted by Crippen LogP contribution is 2.37. The third-order valence-electron chi connectivity index (χ3n) is 2.96. The van der Waals surface area contributed by atoms with Crippen LogP contribution in [0.2, 0.25) is 5.28 Å². The molecule has 128 valence electrons. The minimum Gasteiger partial charge on any atom is -0.461 e. The normalized spacial score (nSPS) is 10.5. The number of anilines is 2. The van der Waals surface area contributed by atoms with Crippen LogP contribution in [-0.2, 0) is 11.2 Å². The molecule has 24 heavy (non-hydrogen) atoms. The second-order valence-corrected chi connectivity index (χ2v) is 5.90. The lowest BCUT2D eigenvalue weighted by molar-refractivity contribution is -0.384. The van der Waals surface area contributed by atoms with Crippen LogP contribution in [0.4, 0.5) is 16.5 Å². The first-order valence-electron chi connectivity index (χ1n) is 6.96. The monoisotopic (exact) mass is 371 g/mol. The summed E-state index contributed by atoms with van der Waals surface area (Å²) in [6, 6.07) is 0. The molecule has 0 aliphatic carbocycles. The largest absolute Gasteiger partial charge is 0.461 e. The van der Waals surface area contributed by atoms with Gasteiger partial charge in [-0.3, -0.25) is 10.1 Å². The van der Waals surface area contributed by atoms with E-state index in [0.29, 0.717) is 16.4 Å². The molecule has 2 heterocycles. The van der Waals surface area contributed by atoms with Crippen LogP contribution in [0, 0.1) is 10.1 Å². The zero-order valence-corrected chi connectivity index (χ0v) is 14.7. The second kappa shape index (κ2) is 7.49. The van der Waals surface area contributed by atoms with Gasteiger partial charge in [-0.1, -0.05) is 6.92 Å². The zero-order chi connectivity index (χ0) is 17.9. The van der Waals surface area contributed by atoms with Crippen molar-refractivity contribution in [2.24, 2.45) is 0 Å². The van der Waals surface area contributed by atoms with Crippen LogP contribution >= 0.6 is 22.9 Å². The Kier molecular flexibility index (Phi) is 5.62. The zero-order valence-electron chi connectivity index (χ0n) is 13.1. The number of hydrogen-bond acceptors (Lipinski definition) is 9. The third kappa shape index (κ3) is 3.60. The number of carbonyl (C=O) groups excluding carboxylic acids is 1. The van der Waals surface area contributed by atoms with Crippen LogP contribution < -0.4 is 4.90 Å². The van der Waals surface area contributed by atoms with Gasteiger partial charge in [0.2, 0.25) is 11.1 Å². The standard InChI is InChI=1S/C13H14ClN5O4S/c1-4-8-16-9(12(20)23-5-2)11(24-8)18(3)10-7(19(21)22)6-15-13(14)17-10/h6H,4-5H2,1-3H3. The Morgan fingerprint density at radius 2 is 2.17 bits per heavy atom. The minimum absolute atomic E-state index is 0.0307. The predicted octanol–water partition coefficient (Wildman–Crippen LogP) is 3.00. The summed E-state index contributed by atoms with van der Waals surface area (Å²) in [5.41, 5.74) is -0.242. The van der Waals surface area contributed by atoms with Gasteiger partial charge in [-0.2, -0.15) is 4.98 Å². The number of aryl methyl sites for hydroxylation is 1. The molecule has 0 radical (unpaired) electrons. The van der Waals surface area contributed by atoms with Gasteiger partial charge in [-0.15, -0.1) is 11.3 Å². The molecular formula is C13H14ClN5O4S. The molecule has 2 aromatic heterocycles. The highest BCUT2D eigenvalue weighted by atomic mass is 35.5. The maximum atomic E-state index is 12.1. The fraction of sp³-hybridized carbons (Fsp3) is 0.385. The van der Waals surface area contributed by atoms with E-state index in [1.54, 1.807) is 14.0 Å². The van der Waals surface area contributed by atoms with Crippen molar-refractivity contribution in [3.05, 3.63) is 32.3 Å². The molecule has 0 unspecified atom stereocenters. The van der Waals surface area contributed by atoms with Crippen molar-refractivity contribution in [3.8, 4) is 0 Å². The van der Waals surface area contributed by atoms with Gasteiger partial charge < -0.3 is 9.64 Å². The first-order chi connectivity index (χ1) is 11.4. The van der Waals surface area contributed by atoms with E-state index in [1.165, 1.54) is 16.2 Å². The number of thiazole rings is 1. The van der Waals surface area contributed by atoms with Gasteiger partial charge in [-0.25, -0.2) is 14.8 Å². The average Bonchev–Trinajstić information content (AvgIpc) is 2.98. The smallest absolute Gasteiger partial charge is 0.360 e. The Morgan fingerprint density at radius 3 is 2.75 bits per heavy atom. The Hall–Kier alpha value is -2.33. The van der Waals surface area contributed by atoms with Crippen molar-refractivity contribution >= 4 is 45.4 Å². The van der Waals surface area contributed by atoms with Crippen molar-refractivity contribution in [3.63, 3.8) is 0 Å². The lowest BCUT2D eigenvalue weighted by atomic mass is 10.4. The highest BCUT2D eigenvalue weighted by Gasteiger charge is 2.28. The summed E-state index contributed by atoms with van der Waals surface area (Å²) in [6.45, 7) is 3.77. The summed E-state index contributed by atoms with van der Waals surface area (Å²) >= 11 is 6.99. The third-order valence-corrected chi connectivity index (χ3v) is 4.42. The van der Waals surface area contributed by atoms with Crippen LogP contribution in [0.15, 0.2) is 6.20 Å². The van der Waals surface area contributed by atoms with E-state index >= 15 is 0 Å². The lowest BCUT2D eigenvalue weighted by Gasteiger charge is -2.16. The highest BCUT2D eigenvalue weighted by molar-refractivity contribution is 7.16. The van der Waals surface area contributed by atoms with Crippen molar-refractivity contribution in [1.29, 1.82) is 0 Å². The fourth-order valence-corrected chi connectivity index (χ4v) is 2.97. The number of nitrogens with zero attached hydrogens (tertiary/aromatic N) is 5. The molecule has 2 aromatic rings. The van der Waals surface area contributed by atoms with E-state index in [-0.39, 0.29) is 29.1 Å². The Morgan fingerprint density at radius 1 is 1.46 bits per heavy atom. The number of esters is 1. The quantitative estimate of drug-likeness (QED) is 0.329. The van der Waals surface area contributed by atoms with Crippen LogP contribution in [0.1, 0.15) is 29.3 Å². The van der Waals surface area contributed by atoms with Crippen LogP contribution in [0.3, 0.4) is 0 Å². The molecule has 0 saturated heterocycles. The SMILES string of the molecule is CCOC(=O)c1nc(CC)sc1N(C)c1nc(Cl)ncc1[N+](=O)[O-]. The maximum Gasteiger partial charge on any atom is 0.360 e. The lowest BCUT2D eigenvalue weighted by Crippen LogP contribution is -2.17. The first-order valence-corrected chi connectivity index (χ1v) is 8.15. The topological polar surface area (TPSA) is 111 Å². The van der Waals surface area contributed by atoms with E-state index in [2.05, 4.69) is 15.0 Å². The predicted molar refractivity (Wildman–Crippen MR) is 89.2 cm³/mol. The van der Waals surface area contributed by atoms with Crippen molar-refractivity contribution in [1.82, 2.24) is 15.0 Å². The fourth-order valence-electron chi connectivity index (χ4n) is 1.88. The van der Waals surface area contributed by atoms with Gasteiger partial charge in [0.25, 0.3) is 0 Å². The summed E-state index contributed by atoms with van der Waals surface area (Å²) in [4.78, 5) is 35.9. The Labute approximate surface area is 146 Å². The molecule has 0 spiro atoms. The van der Waals surface area contributed by atoms with E-state index in [0.717, 1.165) is 6.20 Å². The van der Waals surface area contributed by atoms with Gasteiger partial charge >= 0.3 is 11.7 Å². The van der Waals surface area contributed by atoms with Crippen LogP contribution in [0.5, 0.6) is 0 Å². The molecule has 0 saturated carbocycles. The number of halogens is 1. The molecule has 0 fully saturated rings. The van der Waals surface area contributed by atoms with Gasteiger partial charge in [0.15, 0.2) is 5.69 Å². The van der Waals surface area contributed by atoms with E-state index in [1.807, 2.05) is 6.92 Å². The number of carbonyl (C=O) groups is 1. The van der Waals surface area contributed by atoms with Crippen molar-refractivity contribution < 1.29 is 14.5 Å². The second-order valence-electron chi connectivity index (χ2n) is 4.50. The Balaban J connectivity index is 2.56. The minimum atomic E-state index is -0.617. The number of rotatable bonds is 6. The average molecular weight is 372 g/mol. The van der Waals surface area contributed by atoms with Crippen LogP contribution in [-0.4, -0.2) is 39.5 Å². The first kappa shape index (κ1) is 18.0. The summed E-state index contributed by atoms with van der Waals surface area (Å²) in [6.07, 6.45) is 1.63. The summed E-state index contributed by atoms with van der Waals surface area (Å²) in [5.74, 6) is -0.630. The molecule has 0 bridgehead atoms. The molecule has 0 aliphatic heterocycles. The number of ether oxygens (including phenoxy) is 1. The van der Waals surface area contributed by atoms with Gasteiger partial charge in [-0.05, 0) is 24.9 Å². The number of hydrogen-bond donors (Lipinski definition) is 0. The maximum absolute atomic E-state index is 12.1. The Bertz CT molecular complexity index is 782. The van der Waals surface area contributed by atoms with E-state index in [4.69, 9.17) is 16.3 Å². The van der Waals surface area contributed by atoms with Gasteiger partial charge in [0.05, 0.1) is 16.5 Å². The molecule has 0 aliphatic rings. The molecule has 0 atom stereocenters. The van der Waals surface area contributed by atoms with E-state index in [9.17, 15) is 14.9 Å². The van der Waals surface area contributed by atoms with Crippen LogP contribution in [0.25, 0.3) is 0 Å².